The van der Waals surface area contributed by atoms with Gasteiger partial charge in [-0.1, -0.05) is 12.1 Å². The molecule has 1 fully saturated rings. The van der Waals surface area contributed by atoms with E-state index >= 15 is 0 Å². The second-order valence-corrected chi connectivity index (χ2v) is 7.85. The zero-order valence-corrected chi connectivity index (χ0v) is 18.2. The van der Waals surface area contributed by atoms with E-state index in [1.54, 1.807) is 25.1 Å². The third-order valence-electron chi connectivity index (χ3n) is 5.12. The largest absolute Gasteiger partial charge is 0.466 e. The Hall–Kier alpha value is -2.84. The van der Waals surface area contributed by atoms with Crippen molar-refractivity contribution in [3.8, 4) is 0 Å². The summed E-state index contributed by atoms with van der Waals surface area (Å²) in [6, 6.07) is 10.9. The van der Waals surface area contributed by atoms with Crippen LogP contribution in [0.4, 0.5) is 0 Å². The summed E-state index contributed by atoms with van der Waals surface area (Å²) in [5.41, 5.74) is 0.352. The molecule has 1 aromatic heterocycles. The molecule has 1 saturated heterocycles. The lowest BCUT2D eigenvalue weighted by Gasteiger charge is -2.22. The maximum atomic E-state index is 12.5. The van der Waals surface area contributed by atoms with Gasteiger partial charge in [-0.05, 0) is 56.5 Å². The van der Waals surface area contributed by atoms with Gasteiger partial charge in [-0.2, -0.15) is 0 Å². The van der Waals surface area contributed by atoms with Crippen LogP contribution in [0.3, 0.4) is 0 Å². The zero-order valence-electron chi connectivity index (χ0n) is 18.2. The number of aliphatic imine (C=N–C) groups is 1. The molecule has 8 heteroatoms. The number of carbonyl (C=O) groups excluding carboxylic acids is 1. The Morgan fingerprint density at radius 2 is 2.13 bits per heavy atom. The molecule has 4 N–H and O–H groups in total. The van der Waals surface area contributed by atoms with Gasteiger partial charge in [0.05, 0.1) is 25.5 Å². The van der Waals surface area contributed by atoms with Gasteiger partial charge in [0.25, 0.3) is 5.91 Å². The molecular formula is C23H32N4O4. The lowest BCUT2D eigenvalue weighted by atomic mass is 10.0. The van der Waals surface area contributed by atoms with Gasteiger partial charge in [0.15, 0.2) is 5.96 Å². The van der Waals surface area contributed by atoms with E-state index in [1.807, 2.05) is 25.1 Å². The monoisotopic (exact) mass is 428 g/mol. The molecule has 168 valence electrons. The van der Waals surface area contributed by atoms with Crippen molar-refractivity contribution in [2.45, 2.75) is 44.9 Å². The first-order valence-electron chi connectivity index (χ1n) is 10.7. The van der Waals surface area contributed by atoms with E-state index in [0.717, 1.165) is 25.0 Å². The summed E-state index contributed by atoms with van der Waals surface area (Å²) in [4.78, 5) is 17.0. The fraction of sp³-hybridized carbons (Fsp3) is 0.478. The summed E-state index contributed by atoms with van der Waals surface area (Å²) in [6.45, 7) is 6.27. The molecule has 0 spiro atoms. The molecule has 1 amide bonds. The Morgan fingerprint density at radius 3 is 2.84 bits per heavy atom. The molecule has 0 saturated carbocycles. The summed E-state index contributed by atoms with van der Waals surface area (Å²) in [5.74, 6) is 0.945. The van der Waals surface area contributed by atoms with Crippen LogP contribution < -0.4 is 16.0 Å². The Bertz CT molecular complexity index is 858. The molecular weight excluding hydrogens is 396 g/mol. The Morgan fingerprint density at radius 1 is 1.26 bits per heavy atom. The Balaban J connectivity index is 1.57. The number of carbonyl (C=O) groups is 1. The number of furan rings is 1. The third kappa shape index (κ3) is 6.83. The number of hydrogen-bond donors (Lipinski definition) is 4. The summed E-state index contributed by atoms with van der Waals surface area (Å²) in [5, 5.41) is 19.9. The van der Waals surface area contributed by atoms with Crippen LogP contribution in [0, 0.1) is 0 Å². The van der Waals surface area contributed by atoms with E-state index in [9.17, 15) is 9.90 Å². The van der Waals surface area contributed by atoms with Gasteiger partial charge in [-0.15, -0.1) is 0 Å². The fourth-order valence-corrected chi connectivity index (χ4v) is 3.36. The van der Waals surface area contributed by atoms with Crippen LogP contribution in [0.15, 0.2) is 52.1 Å². The minimum Gasteiger partial charge on any atom is -0.466 e. The standard InChI is InChI=1S/C23H32N4O4/c1-3-24-22(27-16-23(2,29)20-10-6-12-31-20)26-14-17-7-4-8-18(13-17)21(28)25-15-19-9-5-11-30-19/h4,6-8,10,12-13,19,29H,3,5,9,11,14-16H2,1-2H3,(H,25,28)(H2,24,26,27). The second kappa shape index (κ2) is 11.0. The highest BCUT2D eigenvalue weighted by Crippen LogP contribution is 2.19. The summed E-state index contributed by atoms with van der Waals surface area (Å²) >= 11 is 0. The van der Waals surface area contributed by atoms with E-state index in [0.29, 0.717) is 36.9 Å². The highest BCUT2D eigenvalue weighted by Gasteiger charge is 2.26. The average molecular weight is 429 g/mol. The third-order valence-corrected chi connectivity index (χ3v) is 5.12. The van der Waals surface area contributed by atoms with Crippen molar-refractivity contribution in [3.05, 3.63) is 59.5 Å². The van der Waals surface area contributed by atoms with Crippen LogP contribution in [-0.2, 0) is 16.9 Å². The number of nitrogens with one attached hydrogen (secondary N) is 3. The predicted molar refractivity (Wildman–Crippen MR) is 119 cm³/mol. The smallest absolute Gasteiger partial charge is 0.251 e. The van der Waals surface area contributed by atoms with Crippen molar-refractivity contribution in [1.29, 1.82) is 0 Å². The minimum atomic E-state index is -1.17. The SMILES string of the molecule is CCNC(=NCc1cccc(C(=O)NCC2CCCO2)c1)NCC(C)(O)c1ccco1. The number of amides is 1. The van der Waals surface area contributed by atoms with Crippen LogP contribution in [0.25, 0.3) is 0 Å². The first-order valence-corrected chi connectivity index (χ1v) is 10.7. The quantitative estimate of drug-likeness (QED) is 0.360. The lowest BCUT2D eigenvalue weighted by Crippen LogP contribution is -2.44. The van der Waals surface area contributed by atoms with Crippen molar-refractivity contribution < 1.29 is 19.1 Å². The van der Waals surface area contributed by atoms with E-state index in [-0.39, 0.29) is 18.6 Å². The van der Waals surface area contributed by atoms with Crippen molar-refractivity contribution in [2.75, 3.05) is 26.2 Å². The van der Waals surface area contributed by atoms with E-state index in [1.165, 1.54) is 6.26 Å². The topological polar surface area (TPSA) is 108 Å². The van der Waals surface area contributed by atoms with Gasteiger partial charge in [-0.25, -0.2) is 4.99 Å². The molecule has 31 heavy (non-hydrogen) atoms. The molecule has 0 bridgehead atoms. The number of aliphatic hydroxyl groups is 1. The van der Waals surface area contributed by atoms with E-state index in [2.05, 4.69) is 20.9 Å². The zero-order chi connectivity index (χ0) is 22.1. The maximum absolute atomic E-state index is 12.5. The van der Waals surface area contributed by atoms with E-state index in [4.69, 9.17) is 9.15 Å². The van der Waals surface area contributed by atoms with Crippen LogP contribution in [0.2, 0.25) is 0 Å². The lowest BCUT2D eigenvalue weighted by molar-refractivity contribution is 0.0386. The van der Waals surface area contributed by atoms with Crippen molar-refractivity contribution in [3.63, 3.8) is 0 Å². The Kier molecular flexibility index (Phi) is 8.08. The molecule has 1 aliphatic heterocycles. The fourth-order valence-electron chi connectivity index (χ4n) is 3.36. The maximum Gasteiger partial charge on any atom is 0.251 e. The van der Waals surface area contributed by atoms with Gasteiger partial charge < -0.3 is 30.2 Å². The van der Waals surface area contributed by atoms with Gasteiger partial charge in [-0.3, -0.25) is 4.79 Å². The number of hydrogen-bond acceptors (Lipinski definition) is 5. The van der Waals surface area contributed by atoms with Gasteiger partial charge in [0, 0.05) is 25.3 Å². The molecule has 2 aromatic rings. The number of guanidine groups is 1. The molecule has 8 nitrogen and oxygen atoms in total. The molecule has 2 heterocycles. The summed E-state index contributed by atoms with van der Waals surface area (Å²) in [7, 11) is 0. The van der Waals surface area contributed by atoms with Crippen molar-refractivity contribution in [2.24, 2.45) is 4.99 Å². The normalized spacial score (nSPS) is 18.4. The predicted octanol–water partition coefficient (Wildman–Crippen LogP) is 2.15. The van der Waals surface area contributed by atoms with Gasteiger partial charge in [0.2, 0.25) is 0 Å². The Labute approximate surface area is 183 Å². The van der Waals surface area contributed by atoms with E-state index < -0.39 is 5.60 Å². The summed E-state index contributed by atoms with van der Waals surface area (Å²) in [6.07, 6.45) is 3.69. The van der Waals surface area contributed by atoms with Crippen molar-refractivity contribution in [1.82, 2.24) is 16.0 Å². The molecule has 3 rings (SSSR count). The van der Waals surface area contributed by atoms with Crippen LogP contribution in [-0.4, -0.2) is 49.3 Å². The highest BCUT2D eigenvalue weighted by molar-refractivity contribution is 5.94. The highest BCUT2D eigenvalue weighted by atomic mass is 16.5. The van der Waals surface area contributed by atoms with Crippen molar-refractivity contribution >= 4 is 11.9 Å². The first kappa shape index (κ1) is 22.8. The van der Waals surface area contributed by atoms with Crippen LogP contribution in [0.5, 0.6) is 0 Å². The van der Waals surface area contributed by atoms with Crippen LogP contribution >= 0.6 is 0 Å². The van der Waals surface area contributed by atoms with Crippen LogP contribution in [0.1, 0.15) is 48.4 Å². The molecule has 2 atom stereocenters. The number of nitrogens with zero attached hydrogens (tertiary/aromatic N) is 1. The van der Waals surface area contributed by atoms with Gasteiger partial charge in [0.1, 0.15) is 11.4 Å². The number of rotatable bonds is 9. The average Bonchev–Trinajstić information content (AvgIpc) is 3.49. The molecule has 1 aromatic carbocycles. The number of ether oxygens (including phenoxy) is 1. The summed E-state index contributed by atoms with van der Waals surface area (Å²) < 4.78 is 10.9. The molecule has 2 unspecified atom stereocenters. The first-order chi connectivity index (χ1) is 15.0. The minimum absolute atomic E-state index is 0.110. The van der Waals surface area contributed by atoms with Gasteiger partial charge >= 0.3 is 0 Å². The molecule has 1 aliphatic rings. The molecule has 0 radical (unpaired) electrons. The second-order valence-electron chi connectivity index (χ2n) is 7.85. The number of benzene rings is 1. The molecule has 0 aliphatic carbocycles.